The summed E-state index contributed by atoms with van der Waals surface area (Å²) in [7, 11) is 0. The zero-order valence-electron chi connectivity index (χ0n) is 21.7. The molecule has 198 valence electrons. The van der Waals surface area contributed by atoms with Crippen molar-refractivity contribution in [3.05, 3.63) is 65.6 Å². The van der Waals surface area contributed by atoms with E-state index in [2.05, 4.69) is 49.1 Å². The third-order valence-corrected chi connectivity index (χ3v) is 7.52. The Kier molecular flexibility index (Phi) is 6.61. The van der Waals surface area contributed by atoms with Crippen molar-refractivity contribution in [2.45, 2.75) is 33.1 Å². The molecule has 1 aliphatic heterocycles. The molecular formula is C29H32F2N6O. The Balaban J connectivity index is 1.25. The molecule has 6 rings (SSSR count). The van der Waals surface area contributed by atoms with Crippen LogP contribution >= 0.6 is 0 Å². The van der Waals surface area contributed by atoms with Gasteiger partial charge in [-0.15, -0.1) is 0 Å². The largest absolute Gasteiger partial charge is 0.435 e. The summed E-state index contributed by atoms with van der Waals surface area (Å²) in [4.78, 5) is 16.5. The van der Waals surface area contributed by atoms with Gasteiger partial charge in [0.05, 0.1) is 11.1 Å². The average Bonchev–Trinajstić information content (AvgIpc) is 3.66. The smallest absolute Gasteiger partial charge is 0.227 e. The molecule has 4 aromatic rings. The van der Waals surface area contributed by atoms with E-state index in [0.29, 0.717) is 23.9 Å². The van der Waals surface area contributed by atoms with Crippen LogP contribution in [-0.2, 0) is 6.42 Å². The Hall–Kier alpha value is -3.72. The second-order valence-corrected chi connectivity index (χ2v) is 10.3. The van der Waals surface area contributed by atoms with Gasteiger partial charge in [-0.05, 0) is 69.0 Å². The molecule has 0 spiro atoms. The predicted octanol–water partition coefficient (Wildman–Crippen LogP) is 6.17. The van der Waals surface area contributed by atoms with Crippen molar-refractivity contribution in [1.29, 1.82) is 0 Å². The van der Waals surface area contributed by atoms with Crippen LogP contribution < -0.4 is 15.0 Å². The normalized spacial score (nSPS) is 16.3. The molecule has 1 aliphatic carbocycles. The highest BCUT2D eigenvalue weighted by molar-refractivity contribution is 5.83. The van der Waals surface area contributed by atoms with Gasteiger partial charge in [-0.1, -0.05) is 6.92 Å². The van der Waals surface area contributed by atoms with E-state index in [0.717, 1.165) is 62.9 Å². The fraction of sp³-hybridized carbons (Fsp3) is 0.379. The maximum Gasteiger partial charge on any atom is 0.227 e. The summed E-state index contributed by atoms with van der Waals surface area (Å²) < 4.78 is 35.9. The highest BCUT2D eigenvalue weighted by Gasteiger charge is 2.27. The van der Waals surface area contributed by atoms with Crippen LogP contribution in [0.1, 0.15) is 31.0 Å². The van der Waals surface area contributed by atoms with E-state index in [1.54, 1.807) is 13.0 Å². The van der Waals surface area contributed by atoms with Crippen LogP contribution in [-0.4, -0.2) is 52.6 Å². The van der Waals surface area contributed by atoms with E-state index in [1.165, 1.54) is 12.0 Å². The molecule has 0 bridgehead atoms. The highest BCUT2D eigenvalue weighted by atomic mass is 19.1. The topological polar surface area (TPSA) is 69.3 Å². The molecule has 2 aliphatic rings. The molecule has 2 fully saturated rings. The minimum atomic E-state index is -0.619. The van der Waals surface area contributed by atoms with Gasteiger partial charge in [0.2, 0.25) is 5.88 Å². The Morgan fingerprint density at radius 2 is 1.82 bits per heavy atom. The number of ether oxygens (including phenoxy) is 1. The van der Waals surface area contributed by atoms with Gasteiger partial charge in [0.15, 0.2) is 17.4 Å². The van der Waals surface area contributed by atoms with Crippen molar-refractivity contribution in [2.75, 3.05) is 42.9 Å². The first-order chi connectivity index (χ1) is 18.5. The molecule has 1 saturated heterocycles. The first kappa shape index (κ1) is 24.6. The minimum absolute atomic E-state index is 0.131. The van der Waals surface area contributed by atoms with Crippen molar-refractivity contribution < 1.29 is 13.5 Å². The van der Waals surface area contributed by atoms with Gasteiger partial charge >= 0.3 is 0 Å². The molecule has 0 amide bonds. The maximum absolute atomic E-state index is 15.3. The summed E-state index contributed by atoms with van der Waals surface area (Å²) in [5, 5.41) is 3.56. The van der Waals surface area contributed by atoms with E-state index in [-0.39, 0.29) is 22.5 Å². The maximum atomic E-state index is 15.3. The quantitative estimate of drug-likeness (QED) is 0.291. The zero-order valence-corrected chi connectivity index (χ0v) is 21.7. The van der Waals surface area contributed by atoms with Crippen LogP contribution in [0, 0.1) is 24.5 Å². The molecule has 7 nitrogen and oxygen atoms in total. The van der Waals surface area contributed by atoms with Crippen molar-refractivity contribution in [3.63, 3.8) is 0 Å². The molecular weight excluding hydrogens is 486 g/mol. The average molecular weight is 519 g/mol. The summed E-state index contributed by atoms with van der Waals surface area (Å²) in [5.74, 6) is -0.0218. The van der Waals surface area contributed by atoms with E-state index < -0.39 is 11.6 Å². The van der Waals surface area contributed by atoms with Crippen molar-refractivity contribution in [3.8, 4) is 11.6 Å². The first-order valence-corrected chi connectivity index (χ1v) is 13.3. The number of H-pyrrole nitrogens is 1. The van der Waals surface area contributed by atoms with Crippen molar-refractivity contribution in [1.82, 2.24) is 19.9 Å². The van der Waals surface area contributed by atoms with Crippen LogP contribution in [0.15, 0.2) is 42.7 Å². The number of halogens is 2. The number of aromatic nitrogens is 3. The third-order valence-electron chi connectivity index (χ3n) is 7.52. The third kappa shape index (κ3) is 5.03. The number of nitrogens with one attached hydrogen (secondary N) is 2. The van der Waals surface area contributed by atoms with E-state index in [9.17, 15) is 4.39 Å². The molecule has 2 N–H and O–H groups in total. The molecule has 2 aromatic heterocycles. The lowest BCUT2D eigenvalue weighted by Gasteiger charge is -2.35. The Morgan fingerprint density at radius 3 is 2.53 bits per heavy atom. The molecule has 9 heteroatoms. The van der Waals surface area contributed by atoms with Gasteiger partial charge in [-0.2, -0.15) is 0 Å². The van der Waals surface area contributed by atoms with Crippen LogP contribution in [0.5, 0.6) is 11.6 Å². The Bertz CT molecular complexity index is 1440. The van der Waals surface area contributed by atoms with Gasteiger partial charge in [-0.25, -0.2) is 18.7 Å². The number of rotatable bonds is 8. The summed E-state index contributed by atoms with van der Waals surface area (Å²) >= 11 is 0. The van der Waals surface area contributed by atoms with Crippen LogP contribution in [0.4, 0.5) is 26.0 Å². The van der Waals surface area contributed by atoms with Crippen molar-refractivity contribution in [2.24, 2.45) is 5.92 Å². The summed E-state index contributed by atoms with van der Waals surface area (Å²) in [6, 6.07) is 11.0. The second-order valence-electron chi connectivity index (χ2n) is 10.3. The molecule has 2 aromatic carbocycles. The Labute approximate surface area is 220 Å². The number of hydrogen-bond acceptors (Lipinski definition) is 6. The van der Waals surface area contributed by atoms with Crippen LogP contribution in [0.3, 0.4) is 0 Å². The van der Waals surface area contributed by atoms with Crippen LogP contribution in [0.2, 0.25) is 0 Å². The fourth-order valence-corrected chi connectivity index (χ4v) is 5.11. The van der Waals surface area contributed by atoms with E-state index >= 15 is 4.39 Å². The van der Waals surface area contributed by atoms with E-state index in [4.69, 9.17) is 4.74 Å². The number of benzene rings is 2. The minimum Gasteiger partial charge on any atom is -0.435 e. The monoisotopic (exact) mass is 518 g/mol. The van der Waals surface area contributed by atoms with Gasteiger partial charge < -0.3 is 24.8 Å². The lowest BCUT2D eigenvalue weighted by Crippen LogP contribution is -2.46. The fourth-order valence-electron chi connectivity index (χ4n) is 5.11. The molecule has 38 heavy (non-hydrogen) atoms. The molecule has 1 saturated carbocycles. The SMILES string of the molecule is CCN1CCN(c2ccc(Nc3ncnc(Oc4cc(F)c5[nH]c(C)cc5c4F)c3CC3CC3)cc2)CC1. The number of aryl methyl sites for hydroxylation is 1. The first-order valence-electron chi connectivity index (χ1n) is 13.3. The molecule has 0 radical (unpaired) electrons. The number of likely N-dealkylation sites (N-methyl/N-ethyl adjacent to an activating group) is 1. The number of piperazine rings is 1. The zero-order chi connectivity index (χ0) is 26.2. The highest BCUT2D eigenvalue weighted by Crippen LogP contribution is 2.40. The van der Waals surface area contributed by atoms with Gasteiger partial charge in [0.25, 0.3) is 0 Å². The second kappa shape index (κ2) is 10.2. The van der Waals surface area contributed by atoms with Crippen LogP contribution in [0.25, 0.3) is 10.9 Å². The summed E-state index contributed by atoms with van der Waals surface area (Å²) in [5.41, 5.74) is 3.66. The summed E-state index contributed by atoms with van der Waals surface area (Å²) in [6.45, 7) is 9.24. The lowest BCUT2D eigenvalue weighted by atomic mass is 10.1. The number of nitrogens with zero attached hydrogens (tertiary/aromatic N) is 4. The lowest BCUT2D eigenvalue weighted by molar-refractivity contribution is 0.271. The number of anilines is 3. The molecule has 0 unspecified atom stereocenters. The van der Waals surface area contributed by atoms with Gasteiger partial charge in [-0.3, -0.25) is 0 Å². The van der Waals surface area contributed by atoms with Gasteiger partial charge in [0, 0.05) is 54.7 Å². The number of hydrogen-bond donors (Lipinski definition) is 2. The van der Waals surface area contributed by atoms with E-state index in [1.807, 2.05) is 12.1 Å². The van der Waals surface area contributed by atoms with Gasteiger partial charge in [0.1, 0.15) is 12.1 Å². The summed E-state index contributed by atoms with van der Waals surface area (Å²) in [6.07, 6.45) is 4.33. The number of fused-ring (bicyclic) bond motifs is 1. The standard InChI is InChI=1S/C29H32F2N6O/c1-3-36-10-12-37(13-11-36)21-8-6-20(7-9-21)35-28-23(15-19-4-5-19)29(33-17-32-28)38-25-16-24(30)27-22(26(25)31)14-18(2)34-27/h6-9,14,16-17,19,34H,3-5,10-13,15H2,1-2H3,(H,32,33,35). The van der Waals surface area contributed by atoms with Crippen molar-refractivity contribution >= 4 is 28.1 Å². The Morgan fingerprint density at radius 1 is 1.05 bits per heavy atom. The molecule has 3 heterocycles. The molecule has 0 atom stereocenters. The number of aromatic amines is 1. The predicted molar refractivity (Wildman–Crippen MR) is 146 cm³/mol.